The first-order valence-electron chi connectivity index (χ1n) is 8.57. The van der Waals surface area contributed by atoms with E-state index < -0.39 is 28.3 Å². The van der Waals surface area contributed by atoms with Gasteiger partial charge in [-0.2, -0.15) is 0 Å². The normalized spacial score (nSPS) is 18.2. The highest BCUT2D eigenvalue weighted by atomic mass is 32.2. The van der Waals surface area contributed by atoms with Gasteiger partial charge in [-0.05, 0) is 29.3 Å². The Kier molecular flexibility index (Phi) is 5.65. The van der Waals surface area contributed by atoms with Crippen LogP contribution in [0, 0.1) is 0 Å². The minimum Gasteiger partial charge on any atom is -0.482 e. The molecule has 1 amide bonds. The molecule has 0 radical (unpaired) electrons. The molecule has 2 aromatic carbocycles. The molecule has 0 unspecified atom stereocenters. The van der Waals surface area contributed by atoms with Gasteiger partial charge in [0.05, 0.1) is 11.5 Å². The van der Waals surface area contributed by atoms with Crippen LogP contribution in [0.3, 0.4) is 0 Å². The number of benzene rings is 2. The smallest absolute Gasteiger partial charge is 0.344 e. The van der Waals surface area contributed by atoms with Crippen LogP contribution in [0.4, 0.5) is 0 Å². The molecule has 8 heteroatoms. The molecular formula is C19H21NO6S. The van der Waals surface area contributed by atoms with Gasteiger partial charge in [0.25, 0.3) is 5.91 Å². The third-order valence-corrected chi connectivity index (χ3v) is 6.33. The highest BCUT2D eigenvalue weighted by Crippen LogP contribution is 2.20. The summed E-state index contributed by atoms with van der Waals surface area (Å²) < 4.78 is 33.3. The van der Waals surface area contributed by atoms with Crippen molar-refractivity contribution >= 4 is 32.5 Å². The molecule has 1 atom stereocenters. The second kappa shape index (κ2) is 7.96. The van der Waals surface area contributed by atoms with E-state index in [9.17, 15) is 18.0 Å². The number of ether oxygens (including phenoxy) is 2. The number of carbonyl (C=O) groups excluding carboxylic acids is 2. The Labute approximate surface area is 157 Å². The van der Waals surface area contributed by atoms with Gasteiger partial charge in [0.2, 0.25) is 0 Å². The average Bonchev–Trinajstić information content (AvgIpc) is 3.03. The van der Waals surface area contributed by atoms with Crippen molar-refractivity contribution in [1.82, 2.24) is 4.90 Å². The van der Waals surface area contributed by atoms with Crippen LogP contribution in [0.1, 0.15) is 6.42 Å². The molecule has 0 saturated carbocycles. The Hall–Kier alpha value is -2.61. The Morgan fingerprint density at radius 2 is 1.85 bits per heavy atom. The summed E-state index contributed by atoms with van der Waals surface area (Å²) in [4.78, 5) is 25.2. The maximum absolute atomic E-state index is 12.1. The maximum Gasteiger partial charge on any atom is 0.344 e. The van der Waals surface area contributed by atoms with Gasteiger partial charge in [0.1, 0.15) is 5.75 Å². The zero-order valence-corrected chi connectivity index (χ0v) is 15.8. The number of fused-ring (bicyclic) bond motifs is 1. The zero-order valence-electron chi connectivity index (χ0n) is 15.0. The van der Waals surface area contributed by atoms with Crippen LogP contribution in [0.15, 0.2) is 42.5 Å². The molecule has 2 aromatic rings. The number of nitrogens with zero attached hydrogens (tertiary/aromatic N) is 1. The largest absolute Gasteiger partial charge is 0.482 e. The number of carbonyl (C=O) groups is 2. The van der Waals surface area contributed by atoms with E-state index in [1.165, 1.54) is 11.9 Å². The molecule has 1 heterocycles. The van der Waals surface area contributed by atoms with Crippen molar-refractivity contribution in [2.75, 3.05) is 31.8 Å². The second-order valence-corrected chi connectivity index (χ2v) is 8.75. The third-order valence-electron chi connectivity index (χ3n) is 4.58. The maximum atomic E-state index is 12.1. The Bertz CT molecular complexity index is 956. The SMILES string of the molecule is CN(C(=O)COC(=O)COc1ccc2ccccc2c1)[C@H]1CCS(=O)(=O)C1. The summed E-state index contributed by atoms with van der Waals surface area (Å²) in [5.74, 6) is -0.534. The lowest BCUT2D eigenvalue weighted by Gasteiger charge is -2.23. The number of amides is 1. The Morgan fingerprint density at radius 1 is 1.11 bits per heavy atom. The topological polar surface area (TPSA) is 90.0 Å². The number of esters is 1. The van der Waals surface area contributed by atoms with E-state index in [0.717, 1.165) is 10.8 Å². The first-order valence-corrected chi connectivity index (χ1v) is 10.4. The molecule has 0 spiro atoms. The zero-order chi connectivity index (χ0) is 19.4. The van der Waals surface area contributed by atoms with Gasteiger partial charge in [-0.15, -0.1) is 0 Å². The van der Waals surface area contributed by atoms with E-state index in [1.54, 1.807) is 6.07 Å². The summed E-state index contributed by atoms with van der Waals surface area (Å²) in [7, 11) is -1.56. The molecule has 0 N–H and O–H groups in total. The molecule has 0 aromatic heterocycles. The number of hydrogen-bond acceptors (Lipinski definition) is 6. The monoisotopic (exact) mass is 391 g/mol. The van der Waals surface area contributed by atoms with E-state index in [-0.39, 0.29) is 24.2 Å². The van der Waals surface area contributed by atoms with Gasteiger partial charge in [-0.3, -0.25) is 4.79 Å². The van der Waals surface area contributed by atoms with Crippen molar-refractivity contribution in [2.24, 2.45) is 0 Å². The molecule has 1 fully saturated rings. The van der Waals surface area contributed by atoms with Gasteiger partial charge < -0.3 is 14.4 Å². The van der Waals surface area contributed by atoms with Gasteiger partial charge >= 0.3 is 5.97 Å². The van der Waals surface area contributed by atoms with Crippen LogP contribution in [0.25, 0.3) is 10.8 Å². The minimum atomic E-state index is -3.08. The first-order chi connectivity index (χ1) is 12.8. The molecule has 3 rings (SSSR count). The van der Waals surface area contributed by atoms with Crippen LogP contribution in [0.2, 0.25) is 0 Å². The minimum absolute atomic E-state index is 0.0474. The summed E-state index contributed by atoms with van der Waals surface area (Å²) in [5, 5.41) is 2.06. The van der Waals surface area contributed by atoms with E-state index in [0.29, 0.717) is 12.2 Å². The first kappa shape index (κ1) is 19.2. The van der Waals surface area contributed by atoms with Crippen molar-refractivity contribution < 1.29 is 27.5 Å². The third kappa shape index (κ3) is 4.97. The van der Waals surface area contributed by atoms with Crippen LogP contribution in [-0.2, 0) is 24.2 Å². The van der Waals surface area contributed by atoms with Crippen LogP contribution in [-0.4, -0.2) is 63.0 Å². The van der Waals surface area contributed by atoms with E-state index in [2.05, 4.69) is 0 Å². The molecule has 1 saturated heterocycles. The lowest BCUT2D eigenvalue weighted by molar-refractivity contribution is -0.153. The lowest BCUT2D eigenvalue weighted by atomic mass is 10.1. The molecule has 0 aliphatic carbocycles. The number of likely N-dealkylation sites (N-methyl/N-ethyl adjacent to an activating group) is 1. The number of hydrogen-bond donors (Lipinski definition) is 0. The predicted octanol–water partition coefficient (Wildman–Crippen LogP) is 1.41. The highest BCUT2D eigenvalue weighted by Gasteiger charge is 2.32. The molecule has 144 valence electrons. The predicted molar refractivity (Wildman–Crippen MR) is 100 cm³/mol. The highest BCUT2D eigenvalue weighted by molar-refractivity contribution is 7.91. The van der Waals surface area contributed by atoms with E-state index in [4.69, 9.17) is 9.47 Å². The van der Waals surface area contributed by atoms with Crippen molar-refractivity contribution in [3.8, 4) is 5.75 Å². The van der Waals surface area contributed by atoms with Crippen molar-refractivity contribution in [2.45, 2.75) is 12.5 Å². The average molecular weight is 391 g/mol. The lowest BCUT2D eigenvalue weighted by Crippen LogP contribution is -2.40. The summed E-state index contributed by atoms with van der Waals surface area (Å²) in [6, 6.07) is 12.9. The molecule has 7 nitrogen and oxygen atoms in total. The van der Waals surface area contributed by atoms with Crippen molar-refractivity contribution in [3.63, 3.8) is 0 Å². The van der Waals surface area contributed by atoms with Gasteiger partial charge in [0.15, 0.2) is 23.1 Å². The molecular weight excluding hydrogens is 370 g/mol. The second-order valence-electron chi connectivity index (χ2n) is 6.52. The Morgan fingerprint density at radius 3 is 2.56 bits per heavy atom. The van der Waals surface area contributed by atoms with E-state index >= 15 is 0 Å². The molecule has 27 heavy (non-hydrogen) atoms. The molecule has 1 aliphatic heterocycles. The fourth-order valence-corrected chi connectivity index (χ4v) is 4.74. The van der Waals surface area contributed by atoms with Gasteiger partial charge in [0, 0.05) is 13.1 Å². The number of rotatable bonds is 6. The summed E-state index contributed by atoms with van der Waals surface area (Å²) >= 11 is 0. The summed E-state index contributed by atoms with van der Waals surface area (Å²) in [6.07, 6.45) is 0.406. The summed E-state index contributed by atoms with van der Waals surface area (Å²) in [6.45, 7) is -0.750. The van der Waals surface area contributed by atoms with Crippen LogP contribution in [0.5, 0.6) is 5.75 Å². The van der Waals surface area contributed by atoms with Crippen LogP contribution >= 0.6 is 0 Å². The Balaban J connectivity index is 1.45. The standard InChI is InChI=1S/C19H21NO6S/c1-20(16-8-9-27(23,24)13-16)18(21)11-26-19(22)12-25-17-7-6-14-4-2-3-5-15(14)10-17/h2-7,10,16H,8-9,11-13H2,1H3/t16-/m0/s1. The molecule has 1 aliphatic rings. The number of sulfone groups is 1. The summed E-state index contributed by atoms with van der Waals surface area (Å²) in [5.41, 5.74) is 0. The fraction of sp³-hybridized carbons (Fsp3) is 0.368. The van der Waals surface area contributed by atoms with Crippen LogP contribution < -0.4 is 4.74 Å². The quantitative estimate of drug-likeness (QED) is 0.692. The van der Waals surface area contributed by atoms with Crippen molar-refractivity contribution in [1.29, 1.82) is 0 Å². The molecule has 0 bridgehead atoms. The van der Waals surface area contributed by atoms with Crippen molar-refractivity contribution in [3.05, 3.63) is 42.5 Å². The van der Waals surface area contributed by atoms with Gasteiger partial charge in [-0.1, -0.05) is 30.3 Å². The van der Waals surface area contributed by atoms with Gasteiger partial charge in [-0.25, -0.2) is 13.2 Å². The van der Waals surface area contributed by atoms with E-state index in [1.807, 2.05) is 36.4 Å². The fourth-order valence-electron chi connectivity index (χ4n) is 2.97.